The van der Waals surface area contributed by atoms with Gasteiger partial charge in [-0.3, -0.25) is 4.79 Å². The van der Waals surface area contributed by atoms with Crippen LogP contribution in [0.15, 0.2) is 0 Å². The maximum atomic E-state index is 12.5. The maximum Gasteiger partial charge on any atom is 0.225 e. The van der Waals surface area contributed by atoms with Crippen LogP contribution in [0.2, 0.25) is 0 Å². The highest BCUT2D eigenvalue weighted by molar-refractivity contribution is 5.79. The number of likely N-dealkylation sites (tertiary alicyclic amines) is 1. The van der Waals surface area contributed by atoms with Gasteiger partial charge in [0, 0.05) is 25.0 Å². The molecule has 2 heterocycles. The Morgan fingerprint density at radius 1 is 1.26 bits per heavy atom. The van der Waals surface area contributed by atoms with Crippen molar-refractivity contribution in [2.24, 2.45) is 5.92 Å². The number of nitrogens with zero attached hydrogens (tertiary/aromatic N) is 4. The van der Waals surface area contributed by atoms with Gasteiger partial charge >= 0.3 is 0 Å². The number of nitriles is 1. The molecule has 1 amide bonds. The number of aryl methyl sites for hydroxylation is 1. The molecule has 0 bridgehead atoms. The van der Waals surface area contributed by atoms with Crippen LogP contribution in [0, 0.1) is 31.1 Å². The Kier molecular flexibility index (Phi) is 4.46. The quantitative estimate of drug-likeness (QED) is 0.925. The van der Waals surface area contributed by atoms with Gasteiger partial charge in [0.05, 0.1) is 5.69 Å². The van der Waals surface area contributed by atoms with Gasteiger partial charge in [-0.2, -0.15) is 10.4 Å². The van der Waals surface area contributed by atoms with Crippen LogP contribution in [0.25, 0.3) is 0 Å². The first-order valence-electron chi connectivity index (χ1n) is 8.39. The minimum Gasteiger partial charge on any atom is -0.363 e. The minimum absolute atomic E-state index is 0.142. The van der Waals surface area contributed by atoms with Gasteiger partial charge < -0.3 is 10.2 Å². The van der Waals surface area contributed by atoms with E-state index in [9.17, 15) is 10.1 Å². The van der Waals surface area contributed by atoms with Crippen molar-refractivity contribution in [3.8, 4) is 6.07 Å². The normalized spacial score (nSPS) is 21.4. The van der Waals surface area contributed by atoms with Crippen LogP contribution in [0.4, 0.5) is 5.82 Å². The van der Waals surface area contributed by atoms with Gasteiger partial charge in [-0.05, 0) is 38.7 Å². The summed E-state index contributed by atoms with van der Waals surface area (Å²) >= 11 is 0. The number of anilines is 1. The number of nitrogens with one attached hydrogen (secondary N) is 1. The van der Waals surface area contributed by atoms with E-state index in [0.717, 1.165) is 37.1 Å². The van der Waals surface area contributed by atoms with E-state index in [0.29, 0.717) is 23.8 Å². The monoisotopic (exact) mass is 313 g/mol. The van der Waals surface area contributed by atoms with Crippen molar-refractivity contribution in [2.75, 3.05) is 18.4 Å². The van der Waals surface area contributed by atoms with E-state index < -0.39 is 0 Å². The number of aromatic nitrogens is 2. The molecular formula is C17H23N5O. The van der Waals surface area contributed by atoms with Gasteiger partial charge in [0.25, 0.3) is 0 Å². The second kappa shape index (κ2) is 6.53. The van der Waals surface area contributed by atoms with E-state index in [1.54, 1.807) is 0 Å². The Morgan fingerprint density at radius 3 is 2.70 bits per heavy atom. The summed E-state index contributed by atoms with van der Waals surface area (Å²) in [6.07, 6.45) is 5.31. The fourth-order valence-electron chi connectivity index (χ4n) is 3.55. The van der Waals surface area contributed by atoms with Crippen LogP contribution >= 0.6 is 0 Å². The highest BCUT2D eigenvalue weighted by atomic mass is 16.2. The molecule has 23 heavy (non-hydrogen) atoms. The summed E-state index contributed by atoms with van der Waals surface area (Å²) in [6, 6.07) is 2.35. The average molecular weight is 313 g/mol. The number of carbonyl (C=O) groups excluding carboxylic acids is 1. The highest BCUT2D eigenvalue weighted by Crippen LogP contribution is 2.28. The number of carbonyl (C=O) groups is 1. The standard InChI is InChI=1S/C17H23N5O/c1-11-12(2)20-21-16(15(11)9-18)19-14-7-8-22(10-14)17(23)13-5-3-4-6-13/h13-14H,3-8,10H2,1-2H3,(H,19,21). The first-order valence-corrected chi connectivity index (χ1v) is 8.39. The zero-order valence-electron chi connectivity index (χ0n) is 13.8. The maximum absolute atomic E-state index is 12.5. The van der Waals surface area contributed by atoms with Crippen molar-refractivity contribution in [2.45, 2.75) is 52.0 Å². The van der Waals surface area contributed by atoms with Crippen LogP contribution in [-0.2, 0) is 4.79 Å². The molecule has 0 spiro atoms. The average Bonchev–Trinajstić information content (AvgIpc) is 3.22. The van der Waals surface area contributed by atoms with Gasteiger partial charge in [-0.25, -0.2) is 0 Å². The Hall–Kier alpha value is -2.16. The van der Waals surface area contributed by atoms with Crippen molar-refractivity contribution in [1.29, 1.82) is 5.26 Å². The van der Waals surface area contributed by atoms with Crippen LogP contribution in [0.1, 0.15) is 48.9 Å². The molecule has 1 unspecified atom stereocenters. The zero-order valence-corrected chi connectivity index (χ0v) is 13.8. The number of hydrogen-bond acceptors (Lipinski definition) is 5. The van der Waals surface area contributed by atoms with Gasteiger partial charge in [0.1, 0.15) is 11.6 Å². The summed E-state index contributed by atoms with van der Waals surface area (Å²) in [7, 11) is 0. The van der Waals surface area contributed by atoms with E-state index >= 15 is 0 Å². The molecule has 1 aromatic heterocycles. The number of hydrogen-bond donors (Lipinski definition) is 1. The second-order valence-corrected chi connectivity index (χ2v) is 6.64. The highest BCUT2D eigenvalue weighted by Gasteiger charge is 2.32. The molecule has 1 aliphatic carbocycles. The van der Waals surface area contributed by atoms with Crippen molar-refractivity contribution in [3.05, 3.63) is 16.8 Å². The summed E-state index contributed by atoms with van der Waals surface area (Å²) in [5.74, 6) is 1.07. The van der Waals surface area contributed by atoms with Crippen molar-refractivity contribution in [3.63, 3.8) is 0 Å². The fraction of sp³-hybridized carbons (Fsp3) is 0.647. The molecule has 1 aliphatic heterocycles. The summed E-state index contributed by atoms with van der Waals surface area (Å²) in [4.78, 5) is 14.5. The molecule has 1 N–H and O–H groups in total. The van der Waals surface area contributed by atoms with Gasteiger partial charge in [0.2, 0.25) is 5.91 Å². The lowest BCUT2D eigenvalue weighted by atomic mass is 10.1. The third kappa shape index (κ3) is 3.14. The number of rotatable bonds is 3. The molecule has 3 rings (SSSR count). The summed E-state index contributed by atoms with van der Waals surface area (Å²) in [6.45, 7) is 5.21. The third-order valence-electron chi connectivity index (χ3n) is 5.11. The lowest BCUT2D eigenvalue weighted by Crippen LogP contribution is -2.35. The van der Waals surface area contributed by atoms with E-state index in [4.69, 9.17) is 0 Å². The van der Waals surface area contributed by atoms with Crippen molar-refractivity contribution >= 4 is 11.7 Å². The summed E-state index contributed by atoms with van der Waals surface area (Å²) in [5.41, 5.74) is 2.19. The fourth-order valence-corrected chi connectivity index (χ4v) is 3.55. The largest absolute Gasteiger partial charge is 0.363 e. The van der Waals surface area contributed by atoms with Gasteiger partial charge in [-0.1, -0.05) is 12.8 Å². The molecule has 6 heteroatoms. The molecular weight excluding hydrogens is 290 g/mol. The molecule has 1 saturated heterocycles. The van der Waals surface area contributed by atoms with Crippen LogP contribution in [0.5, 0.6) is 0 Å². The first-order chi connectivity index (χ1) is 11.1. The first kappa shape index (κ1) is 15.7. The Labute approximate surface area is 136 Å². The van der Waals surface area contributed by atoms with Crippen molar-refractivity contribution in [1.82, 2.24) is 15.1 Å². The molecule has 0 radical (unpaired) electrons. The van der Waals surface area contributed by atoms with E-state index in [1.165, 1.54) is 12.8 Å². The Balaban J connectivity index is 1.65. The third-order valence-corrected chi connectivity index (χ3v) is 5.11. The molecule has 6 nitrogen and oxygen atoms in total. The Bertz CT molecular complexity index is 645. The molecule has 1 atom stereocenters. The number of amides is 1. The predicted octanol–water partition coefficient (Wildman–Crippen LogP) is 2.17. The molecule has 1 saturated carbocycles. The second-order valence-electron chi connectivity index (χ2n) is 6.64. The zero-order chi connectivity index (χ0) is 16.4. The lowest BCUT2D eigenvalue weighted by molar-refractivity contribution is -0.134. The Morgan fingerprint density at radius 2 is 2.00 bits per heavy atom. The summed E-state index contributed by atoms with van der Waals surface area (Å²) in [5, 5.41) is 20.9. The molecule has 122 valence electrons. The molecule has 1 aromatic rings. The van der Waals surface area contributed by atoms with E-state index in [1.807, 2.05) is 18.7 Å². The molecule has 2 aliphatic rings. The SMILES string of the molecule is Cc1nnc(NC2CCN(C(=O)C3CCCC3)C2)c(C#N)c1C. The molecule has 2 fully saturated rings. The van der Waals surface area contributed by atoms with Crippen LogP contribution in [-0.4, -0.2) is 40.1 Å². The van der Waals surface area contributed by atoms with Crippen molar-refractivity contribution < 1.29 is 4.79 Å². The lowest BCUT2D eigenvalue weighted by Gasteiger charge is -2.21. The van der Waals surface area contributed by atoms with E-state index in [2.05, 4.69) is 21.6 Å². The van der Waals surface area contributed by atoms with Crippen LogP contribution < -0.4 is 5.32 Å². The van der Waals surface area contributed by atoms with Gasteiger partial charge in [-0.15, -0.1) is 5.10 Å². The summed E-state index contributed by atoms with van der Waals surface area (Å²) < 4.78 is 0. The van der Waals surface area contributed by atoms with Crippen LogP contribution in [0.3, 0.4) is 0 Å². The topological polar surface area (TPSA) is 81.9 Å². The molecule has 0 aromatic carbocycles. The van der Waals surface area contributed by atoms with Gasteiger partial charge in [0.15, 0.2) is 5.82 Å². The smallest absolute Gasteiger partial charge is 0.225 e. The van der Waals surface area contributed by atoms with E-state index in [-0.39, 0.29) is 12.0 Å². The predicted molar refractivity (Wildman–Crippen MR) is 86.8 cm³/mol. The minimum atomic E-state index is 0.142.